The van der Waals surface area contributed by atoms with Crippen molar-refractivity contribution in [2.24, 2.45) is 11.5 Å². The first-order valence-electron chi connectivity index (χ1n) is 11.1. The van der Waals surface area contributed by atoms with Crippen LogP contribution in [0.1, 0.15) is 57.9 Å². The van der Waals surface area contributed by atoms with E-state index in [1.165, 1.54) is 11.8 Å². The van der Waals surface area contributed by atoms with Crippen molar-refractivity contribution in [1.82, 2.24) is 14.9 Å². The highest BCUT2D eigenvalue weighted by Gasteiger charge is 2.40. The molecule has 2 aliphatic rings. The third-order valence-corrected chi connectivity index (χ3v) is 6.83. The molecule has 5 N–H and O–H groups in total. The van der Waals surface area contributed by atoms with Gasteiger partial charge in [0, 0.05) is 42.2 Å². The van der Waals surface area contributed by atoms with Crippen molar-refractivity contribution in [2.75, 3.05) is 13.1 Å². The average Bonchev–Trinajstić information content (AvgIpc) is 2.84. The van der Waals surface area contributed by atoms with E-state index in [-0.39, 0.29) is 23.2 Å². The van der Waals surface area contributed by atoms with Gasteiger partial charge in [-0.3, -0.25) is 9.59 Å². The van der Waals surface area contributed by atoms with Crippen LogP contribution in [0.5, 0.6) is 0 Å². The Morgan fingerprint density at radius 1 is 1.25 bits per heavy atom. The molecule has 13 heteroatoms. The SMILES string of the molecule is NC[C@]1(c2cccc(Cl)c2)CC[C@@H](N2CCc3nc(C(N)=O)ncc3C2=O)CC1.O=C(O)C(F)(F)F. The second-order valence-electron chi connectivity index (χ2n) is 8.70. The number of alkyl halides is 3. The number of rotatable bonds is 4. The lowest BCUT2D eigenvalue weighted by molar-refractivity contribution is -0.192. The lowest BCUT2D eigenvalue weighted by Gasteiger charge is -2.44. The van der Waals surface area contributed by atoms with Crippen LogP contribution in [-0.2, 0) is 16.6 Å². The van der Waals surface area contributed by atoms with Crippen molar-refractivity contribution in [2.45, 2.75) is 49.7 Å². The van der Waals surface area contributed by atoms with E-state index in [0.717, 1.165) is 30.7 Å². The number of amides is 2. The molecule has 4 rings (SSSR count). The molecule has 1 aliphatic heterocycles. The van der Waals surface area contributed by atoms with Gasteiger partial charge in [0.2, 0.25) is 5.82 Å². The van der Waals surface area contributed by atoms with Gasteiger partial charge in [-0.1, -0.05) is 23.7 Å². The summed E-state index contributed by atoms with van der Waals surface area (Å²) in [7, 11) is 0. The van der Waals surface area contributed by atoms with E-state index in [1.54, 1.807) is 0 Å². The number of carboxylic acid groups (broad SMARTS) is 1. The first-order chi connectivity index (χ1) is 16.9. The smallest absolute Gasteiger partial charge is 0.475 e. The first kappa shape index (κ1) is 27.3. The van der Waals surface area contributed by atoms with E-state index in [4.69, 9.17) is 33.0 Å². The Balaban J connectivity index is 0.000000454. The standard InChI is InChI=1S/C21H24ClN5O2.C2HF3O2/c22-14-3-1-2-13(10-14)21(12-23)7-4-15(5-8-21)27-9-6-17-16(20(27)29)11-25-19(26-17)18(24)28;3-2(4,5)1(6)7/h1-3,10-11,15H,4-9,12,23H2,(H2,24,28);(H,6,7)/t15-,21+;. The number of carboxylic acids is 1. The molecule has 1 aromatic heterocycles. The Hall–Kier alpha value is -3.25. The van der Waals surface area contributed by atoms with Gasteiger partial charge in [0.05, 0.1) is 11.3 Å². The van der Waals surface area contributed by atoms with E-state index in [0.29, 0.717) is 30.8 Å². The van der Waals surface area contributed by atoms with Crippen molar-refractivity contribution in [3.05, 3.63) is 58.1 Å². The predicted octanol–water partition coefficient (Wildman–Crippen LogP) is 2.70. The molecule has 194 valence electrons. The number of nitrogens with two attached hydrogens (primary N) is 2. The quantitative estimate of drug-likeness (QED) is 0.552. The van der Waals surface area contributed by atoms with Crippen LogP contribution >= 0.6 is 11.6 Å². The van der Waals surface area contributed by atoms with Gasteiger partial charge in [-0.15, -0.1) is 0 Å². The maximum atomic E-state index is 13.0. The van der Waals surface area contributed by atoms with Crippen molar-refractivity contribution in [1.29, 1.82) is 0 Å². The molecule has 2 heterocycles. The topological polar surface area (TPSA) is 152 Å². The number of hydrogen-bond donors (Lipinski definition) is 3. The summed E-state index contributed by atoms with van der Waals surface area (Å²) in [5, 5.41) is 7.84. The molecule has 1 aromatic carbocycles. The maximum absolute atomic E-state index is 13.0. The molecule has 0 unspecified atom stereocenters. The fourth-order valence-electron chi connectivity index (χ4n) is 4.63. The second kappa shape index (κ2) is 10.8. The van der Waals surface area contributed by atoms with Crippen LogP contribution in [0.2, 0.25) is 5.02 Å². The second-order valence-corrected chi connectivity index (χ2v) is 9.13. The highest BCUT2D eigenvalue weighted by Crippen LogP contribution is 2.41. The number of benzene rings is 1. The van der Waals surface area contributed by atoms with Gasteiger partial charge in [-0.25, -0.2) is 14.8 Å². The summed E-state index contributed by atoms with van der Waals surface area (Å²) < 4.78 is 31.7. The normalized spacial score (nSPS) is 21.8. The van der Waals surface area contributed by atoms with Gasteiger partial charge in [0.25, 0.3) is 11.8 Å². The summed E-state index contributed by atoms with van der Waals surface area (Å²) in [6, 6.07) is 8.09. The lowest BCUT2D eigenvalue weighted by Crippen LogP contribution is -2.50. The van der Waals surface area contributed by atoms with Crippen LogP contribution < -0.4 is 11.5 Å². The van der Waals surface area contributed by atoms with Crippen molar-refractivity contribution in [3.63, 3.8) is 0 Å². The number of nitrogens with zero attached hydrogens (tertiary/aromatic N) is 3. The van der Waals surface area contributed by atoms with Crippen LogP contribution in [-0.4, -0.2) is 63.1 Å². The number of aliphatic carboxylic acids is 1. The van der Waals surface area contributed by atoms with Gasteiger partial charge in [0.1, 0.15) is 0 Å². The van der Waals surface area contributed by atoms with E-state index in [9.17, 15) is 22.8 Å². The van der Waals surface area contributed by atoms with E-state index in [1.807, 2.05) is 23.1 Å². The summed E-state index contributed by atoms with van der Waals surface area (Å²) in [5.41, 5.74) is 13.6. The number of hydrogen-bond acceptors (Lipinski definition) is 6. The molecule has 0 radical (unpaired) electrons. The molecule has 0 spiro atoms. The van der Waals surface area contributed by atoms with Crippen LogP contribution in [0, 0.1) is 0 Å². The van der Waals surface area contributed by atoms with E-state index < -0.39 is 18.1 Å². The molecule has 2 amide bonds. The molecule has 9 nitrogen and oxygen atoms in total. The largest absolute Gasteiger partial charge is 0.490 e. The molecule has 0 bridgehead atoms. The summed E-state index contributed by atoms with van der Waals surface area (Å²) >= 11 is 6.20. The molecule has 1 fully saturated rings. The highest BCUT2D eigenvalue weighted by atomic mass is 35.5. The fourth-order valence-corrected chi connectivity index (χ4v) is 4.82. The Morgan fingerprint density at radius 2 is 1.89 bits per heavy atom. The van der Waals surface area contributed by atoms with Crippen LogP contribution in [0.15, 0.2) is 30.5 Å². The van der Waals surface area contributed by atoms with Gasteiger partial charge < -0.3 is 21.5 Å². The minimum absolute atomic E-state index is 0.0445. The first-order valence-corrected chi connectivity index (χ1v) is 11.5. The molecular weight excluding hydrogens is 503 g/mol. The number of carbonyl (C=O) groups excluding carboxylic acids is 2. The number of halogens is 4. The third-order valence-electron chi connectivity index (χ3n) is 6.59. The van der Waals surface area contributed by atoms with Gasteiger partial charge in [0.15, 0.2) is 0 Å². The van der Waals surface area contributed by atoms with Gasteiger partial charge in [-0.2, -0.15) is 13.2 Å². The molecule has 0 saturated heterocycles. The maximum Gasteiger partial charge on any atom is 0.490 e. The minimum atomic E-state index is -5.08. The Morgan fingerprint density at radius 3 is 2.42 bits per heavy atom. The predicted molar refractivity (Wildman–Crippen MR) is 123 cm³/mol. The summed E-state index contributed by atoms with van der Waals surface area (Å²) in [4.78, 5) is 43.2. The highest BCUT2D eigenvalue weighted by molar-refractivity contribution is 6.30. The number of fused-ring (bicyclic) bond motifs is 1. The van der Waals surface area contributed by atoms with Crippen LogP contribution in [0.25, 0.3) is 0 Å². The Bertz CT molecular complexity index is 1150. The molecule has 2 aromatic rings. The number of aromatic nitrogens is 2. The zero-order valence-corrected chi connectivity index (χ0v) is 19.8. The fraction of sp³-hybridized carbons (Fsp3) is 0.435. The third kappa shape index (κ3) is 5.93. The Labute approximate surface area is 209 Å². The summed E-state index contributed by atoms with van der Waals surface area (Å²) in [6.07, 6.45) is 0.507. The average molecular weight is 528 g/mol. The van der Waals surface area contributed by atoms with Crippen LogP contribution in [0.3, 0.4) is 0 Å². The number of primary amides is 1. The van der Waals surface area contributed by atoms with Gasteiger partial charge >= 0.3 is 12.1 Å². The summed E-state index contributed by atoms with van der Waals surface area (Å²) in [6.45, 7) is 1.14. The number of carbonyl (C=O) groups is 3. The lowest BCUT2D eigenvalue weighted by atomic mass is 9.68. The summed E-state index contributed by atoms with van der Waals surface area (Å²) in [5.74, 6) is -3.56. The molecular formula is C23H25ClF3N5O4. The van der Waals surface area contributed by atoms with Gasteiger partial charge in [-0.05, 0) is 43.4 Å². The molecule has 1 saturated carbocycles. The monoisotopic (exact) mass is 527 g/mol. The van der Waals surface area contributed by atoms with Crippen LogP contribution in [0.4, 0.5) is 13.2 Å². The van der Waals surface area contributed by atoms with Crippen molar-refractivity contribution >= 4 is 29.4 Å². The van der Waals surface area contributed by atoms with E-state index >= 15 is 0 Å². The molecule has 0 atom stereocenters. The Kier molecular flexibility index (Phi) is 8.19. The zero-order chi connectivity index (χ0) is 26.7. The minimum Gasteiger partial charge on any atom is -0.475 e. The van der Waals surface area contributed by atoms with Crippen molar-refractivity contribution in [3.8, 4) is 0 Å². The van der Waals surface area contributed by atoms with E-state index in [2.05, 4.69) is 16.0 Å². The molecule has 36 heavy (non-hydrogen) atoms. The van der Waals surface area contributed by atoms with Crippen molar-refractivity contribution < 1.29 is 32.7 Å². The zero-order valence-electron chi connectivity index (χ0n) is 19.1. The molecule has 1 aliphatic carbocycles.